The van der Waals surface area contributed by atoms with Gasteiger partial charge in [0.15, 0.2) is 5.60 Å². The van der Waals surface area contributed by atoms with Gasteiger partial charge >= 0.3 is 5.97 Å². The zero-order chi connectivity index (χ0) is 20.5. The van der Waals surface area contributed by atoms with Gasteiger partial charge < -0.3 is 19.7 Å². The maximum atomic E-state index is 13.0. The van der Waals surface area contributed by atoms with E-state index in [-0.39, 0.29) is 108 Å². The second kappa shape index (κ2) is 9.24. The Morgan fingerprint density at radius 1 is 0.839 bits per heavy atom. The van der Waals surface area contributed by atoms with Crippen molar-refractivity contribution in [2.75, 3.05) is 13.3 Å². The molecule has 31 heavy (non-hydrogen) atoms. The first-order chi connectivity index (χ1) is 13.8. The van der Waals surface area contributed by atoms with Gasteiger partial charge in [0.25, 0.3) is 0 Å². The van der Waals surface area contributed by atoms with Crippen LogP contribution in [-0.2, 0) is 10.3 Å². The number of fused-ring (bicyclic) bond motifs is 6. The van der Waals surface area contributed by atoms with E-state index in [1.165, 1.54) is 12.1 Å². The Kier molecular flexibility index (Phi) is 7.59. The minimum atomic E-state index is -1.19. The minimum absolute atomic E-state index is 0. The largest absolute Gasteiger partial charge is 0.508 e. The molecule has 0 atom stereocenters. The second-order valence-electron chi connectivity index (χ2n) is 7.61. The topological polar surface area (TPSA) is 76.0 Å². The Balaban J connectivity index is 0.00000136. The number of benzene rings is 3. The molecule has 5 rings (SSSR count). The summed E-state index contributed by atoms with van der Waals surface area (Å²) >= 11 is 0. The van der Waals surface area contributed by atoms with Crippen molar-refractivity contribution in [3.8, 4) is 23.0 Å². The number of aryl methyl sites for hydroxylation is 1. The van der Waals surface area contributed by atoms with E-state index < -0.39 is 11.6 Å². The van der Waals surface area contributed by atoms with Crippen LogP contribution in [0.1, 0.15) is 32.6 Å². The molecule has 1 spiro atoms. The first-order valence-corrected chi connectivity index (χ1v) is 11.5. The molecule has 2 N–H and O–H groups in total. The number of aromatic hydroxyl groups is 2. The first kappa shape index (κ1) is 25.5. The van der Waals surface area contributed by atoms with Gasteiger partial charge in [-0.25, -0.2) is 4.79 Å². The van der Waals surface area contributed by atoms with Gasteiger partial charge in [-0.15, -0.1) is 0 Å². The molecule has 2 aliphatic heterocycles. The van der Waals surface area contributed by atoms with Crippen molar-refractivity contribution < 1.29 is 113 Å². The van der Waals surface area contributed by atoms with E-state index in [0.717, 1.165) is 16.4 Å². The summed E-state index contributed by atoms with van der Waals surface area (Å²) in [4.78, 5) is 13.0. The van der Waals surface area contributed by atoms with Gasteiger partial charge in [-0.1, -0.05) is 7.92 Å². The zero-order valence-electron chi connectivity index (χ0n) is 17.3. The number of rotatable bonds is 1. The van der Waals surface area contributed by atoms with Crippen LogP contribution in [0.4, 0.5) is 0 Å². The molecule has 0 aromatic heterocycles. The molecule has 8 heteroatoms. The van der Waals surface area contributed by atoms with Crippen molar-refractivity contribution in [2.45, 2.75) is 12.5 Å². The van der Waals surface area contributed by atoms with Crippen LogP contribution >= 0.6 is 7.92 Å². The van der Waals surface area contributed by atoms with Gasteiger partial charge in [-0.05, 0) is 67.5 Å². The first-order valence-electron chi connectivity index (χ1n) is 9.22. The van der Waals surface area contributed by atoms with E-state index in [0.29, 0.717) is 28.2 Å². The minimum Gasteiger partial charge on any atom is -0.508 e. The molecule has 0 bridgehead atoms. The molecule has 0 saturated carbocycles. The molecule has 0 aliphatic carbocycles. The van der Waals surface area contributed by atoms with Gasteiger partial charge in [-0.2, -0.15) is 0 Å². The number of carbonyl (C=O) groups excluding carboxylic acids is 1. The Bertz CT molecular complexity index is 1160. The molecule has 0 saturated heterocycles. The third kappa shape index (κ3) is 3.92. The Morgan fingerprint density at radius 3 is 1.90 bits per heavy atom. The fraction of sp³-hybridized carbons (Fsp3) is 0.174. The van der Waals surface area contributed by atoms with Crippen molar-refractivity contribution in [1.29, 1.82) is 0 Å². The van der Waals surface area contributed by atoms with E-state index in [1.54, 1.807) is 24.3 Å². The van der Waals surface area contributed by atoms with Crippen molar-refractivity contribution in [2.24, 2.45) is 0 Å². The van der Waals surface area contributed by atoms with Crippen LogP contribution in [0.2, 0.25) is 0 Å². The summed E-state index contributed by atoms with van der Waals surface area (Å²) in [6.45, 7) is 6.36. The summed E-state index contributed by atoms with van der Waals surface area (Å²) in [7, 11) is -0.383. The van der Waals surface area contributed by atoms with Gasteiger partial charge in [0.2, 0.25) is 0 Å². The van der Waals surface area contributed by atoms with E-state index in [4.69, 9.17) is 9.47 Å². The normalized spacial score (nSPS) is 14.5. The smallest absolute Gasteiger partial charge is 0.340 e. The van der Waals surface area contributed by atoms with Crippen LogP contribution in [-0.4, -0.2) is 29.5 Å². The number of carbonyl (C=O) groups is 1. The van der Waals surface area contributed by atoms with Gasteiger partial charge in [-0.3, -0.25) is 0 Å². The van der Waals surface area contributed by atoms with E-state index in [9.17, 15) is 15.0 Å². The number of phenolic OH excluding ortho intramolecular Hbond substituents is 2. The molecule has 2 heterocycles. The maximum Gasteiger partial charge on any atom is 0.340 e. The molecule has 2 aliphatic rings. The van der Waals surface area contributed by atoms with Gasteiger partial charge in [0.1, 0.15) is 23.0 Å². The third-order valence-corrected chi connectivity index (χ3v) is 7.02. The predicted molar refractivity (Wildman–Crippen MR) is 111 cm³/mol. The average molecular weight is 860 g/mol. The predicted octanol–water partition coefficient (Wildman–Crippen LogP) is 4.34. The fourth-order valence-corrected chi connectivity index (χ4v) is 5.48. The number of esters is 1. The number of ether oxygens (including phenoxy) is 2. The molecule has 5 nitrogen and oxygen atoms in total. The fourth-order valence-electron chi connectivity index (χ4n) is 4.32. The van der Waals surface area contributed by atoms with E-state index in [2.05, 4.69) is 13.3 Å². The van der Waals surface area contributed by atoms with Crippen LogP contribution in [0, 0.1) is 95.0 Å². The van der Waals surface area contributed by atoms with Crippen molar-refractivity contribution in [3.63, 3.8) is 0 Å². The summed E-state index contributed by atoms with van der Waals surface area (Å²) in [6, 6.07) is 13.5. The molecule has 0 amide bonds. The standard InChI is InChI=1S/C23H19O5P.2Ac/c1-12-8-18-15(11-21(12)29(2)3)22(26)28-23(18)16-6-4-13(24)9-19(16)27-20-10-14(25)5-7-17(20)23;;/h4-11,24-25H,1-3H3;;. The Labute approximate surface area is 253 Å². The maximum absolute atomic E-state index is 13.0. The van der Waals surface area contributed by atoms with Crippen molar-refractivity contribution >= 4 is 19.2 Å². The van der Waals surface area contributed by atoms with Gasteiger partial charge in [0.05, 0.1) is 5.56 Å². The van der Waals surface area contributed by atoms with Crippen molar-refractivity contribution in [3.05, 3.63) is 76.3 Å². The molecule has 0 fully saturated rings. The molecule has 0 unspecified atom stereocenters. The quantitative estimate of drug-likeness (QED) is 0.282. The van der Waals surface area contributed by atoms with Crippen LogP contribution in [0.5, 0.6) is 23.0 Å². The van der Waals surface area contributed by atoms with Crippen LogP contribution < -0.4 is 10.0 Å². The Hall–Kier alpha value is -0.157. The van der Waals surface area contributed by atoms with Crippen LogP contribution in [0.15, 0.2) is 48.5 Å². The average Bonchev–Trinajstić information content (AvgIpc) is 2.93. The third-order valence-electron chi connectivity index (χ3n) is 5.57. The second-order valence-corrected chi connectivity index (χ2v) is 9.88. The summed E-state index contributed by atoms with van der Waals surface area (Å²) in [6.07, 6.45) is 0. The summed E-state index contributed by atoms with van der Waals surface area (Å²) < 4.78 is 12.1. The molecular weight excluding hydrogens is 841 g/mol. The number of hydrogen-bond acceptors (Lipinski definition) is 5. The molecule has 3 aromatic carbocycles. The summed E-state index contributed by atoms with van der Waals surface area (Å²) in [5.41, 5.74) is 2.49. The van der Waals surface area contributed by atoms with Crippen LogP contribution in [0.25, 0.3) is 0 Å². The molecular formula is C23H19Ac2O5P. The number of phenols is 2. The van der Waals surface area contributed by atoms with E-state index in [1.807, 2.05) is 19.1 Å². The molecule has 3 aromatic rings. The zero-order valence-corrected chi connectivity index (χ0v) is 27.7. The number of hydrogen-bond donors (Lipinski definition) is 2. The SMILES string of the molecule is Cc1cc2c(cc1P(C)C)C(=O)OC21c2ccc(O)cc2Oc2cc(O)ccc21.[Ac].[Ac]. The summed E-state index contributed by atoms with van der Waals surface area (Å²) in [5, 5.41) is 21.1. The molecule has 2 radical (unpaired) electrons. The molecule has 152 valence electrons. The Morgan fingerprint density at radius 2 is 1.39 bits per heavy atom. The monoisotopic (exact) mass is 860 g/mol. The summed E-state index contributed by atoms with van der Waals surface area (Å²) in [5.74, 6) is 0.470. The van der Waals surface area contributed by atoms with E-state index >= 15 is 0 Å². The van der Waals surface area contributed by atoms with Gasteiger partial charge in [0, 0.05) is 117 Å². The van der Waals surface area contributed by atoms with Crippen molar-refractivity contribution in [1.82, 2.24) is 0 Å². The van der Waals surface area contributed by atoms with Crippen LogP contribution in [0.3, 0.4) is 0 Å².